The molecular weight excluding hydrogens is 444 g/mol. The minimum atomic E-state index is -0.624. The number of amides is 1. The molecule has 4 heterocycles. The standard InChI is InChI=1S/C23H23ClN6O3/c1-3-9-26-19-18-12-4-7-17(27-14(12)5-6-16(18)32-20(19)21(25)31)33-22-13-11-30(2)10-8-15(13)28-23(24)29-22/h4-7,26H,3,8-11H2,1-2H3,(H2,25,31). The molecule has 1 aromatic carbocycles. The number of rotatable bonds is 6. The molecule has 0 bridgehead atoms. The molecule has 170 valence electrons. The van der Waals surface area contributed by atoms with Gasteiger partial charge in [0.15, 0.2) is 0 Å². The van der Waals surface area contributed by atoms with Crippen molar-refractivity contribution in [3.05, 3.63) is 46.6 Å². The van der Waals surface area contributed by atoms with Crippen molar-refractivity contribution in [1.82, 2.24) is 19.9 Å². The number of nitrogens with two attached hydrogens (primary N) is 1. The van der Waals surface area contributed by atoms with Gasteiger partial charge in [0.1, 0.15) is 5.58 Å². The lowest BCUT2D eigenvalue weighted by Crippen LogP contribution is -2.28. The zero-order valence-corrected chi connectivity index (χ0v) is 19.1. The van der Waals surface area contributed by atoms with Crippen LogP contribution in [0.2, 0.25) is 5.28 Å². The molecule has 1 aliphatic rings. The lowest BCUT2D eigenvalue weighted by molar-refractivity contribution is 0.0977. The highest BCUT2D eigenvalue weighted by Crippen LogP contribution is 2.37. The molecule has 4 aromatic rings. The van der Waals surface area contributed by atoms with E-state index in [9.17, 15) is 4.79 Å². The van der Waals surface area contributed by atoms with Gasteiger partial charge in [0.2, 0.25) is 22.8 Å². The quantitative estimate of drug-likeness (QED) is 0.407. The van der Waals surface area contributed by atoms with E-state index in [-0.39, 0.29) is 11.0 Å². The summed E-state index contributed by atoms with van der Waals surface area (Å²) in [6.07, 6.45) is 1.66. The number of pyridine rings is 1. The van der Waals surface area contributed by atoms with Crippen molar-refractivity contribution in [2.24, 2.45) is 5.73 Å². The van der Waals surface area contributed by atoms with Gasteiger partial charge in [-0.15, -0.1) is 0 Å². The van der Waals surface area contributed by atoms with E-state index in [0.717, 1.165) is 41.4 Å². The van der Waals surface area contributed by atoms with Crippen LogP contribution < -0.4 is 15.8 Å². The Labute approximate surface area is 194 Å². The number of hydrogen-bond acceptors (Lipinski definition) is 8. The van der Waals surface area contributed by atoms with Gasteiger partial charge in [-0.05, 0) is 43.3 Å². The molecule has 3 N–H and O–H groups in total. The fourth-order valence-electron chi connectivity index (χ4n) is 4.11. The van der Waals surface area contributed by atoms with E-state index in [1.54, 1.807) is 12.1 Å². The number of carbonyl (C=O) groups is 1. The van der Waals surface area contributed by atoms with E-state index >= 15 is 0 Å². The van der Waals surface area contributed by atoms with Gasteiger partial charge in [0.25, 0.3) is 5.91 Å². The monoisotopic (exact) mass is 466 g/mol. The van der Waals surface area contributed by atoms with Gasteiger partial charge in [-0.25, -0.2) is 9.97 Å². The highest BCUT2D eigenvalue weighted by atomic mass is 35.5. The van der Waals surface area contributed by atoms with Gasteiger partial charge in [-0.1, -0.05) is 6.92 Å². The number of likely N-dealkylation sites (N-methyl/N-ethyl adjacent to an activating group) is 1. The fourth-order valence-corrected chi connectivity index (χ4v) is 4.28. The molecule has 33 heavy (non-hydrogen) atoms. The molecule has 3 aromatic heterocycles. The van der Waals surface area contributed by atoms with E-state index in [1.165, 1.54) is 0 Å². The zero-order valence-electron chi connectivity index (χ0n) is 18.3. The maximum absolute atomic E-state index is 11.9. The second kappa shape index (κ2) is 8.49. The Balaban J connectivity index is 1.58. The number of nitrogens with zero attached hydrogens (tertiary/aromatic N) is 4. The number of anilines is 1. The molecule has 0 atom stereocenters. The minimum absolute atomic E-state index is 0.109. The maximum Gasteiger partial charge on any atom is 0.286 e. The number of aromatic nitrogens is 3. The first-order chi connectivity index (χ1) is 15.9. The van der Waals surface area contributed by atoms with Gasteiger partial charge >= 0.3 is 0 Å². The van der Waals surface area contributed by atoms with Crippen molar-refractivity contribution in [2.45, 2.75) is 26.3 Å². The summed E-state index contributed by atoms with van der Waals surface area (Å²) in [5, 5.41) is 5.00. The van der Waals surface area contributed by atoms with Crippen LogP contribution in [0.5, 0.6) is 11.8 Å². The summed E-state index contributed by atoms with van der Waals surface area (Å²) < 4.78 is 11.8. The van der Waals surface area contributed by atoms with E-state index < -0.39 is 5.91 Å². The molecule has 0 spiro atoms. The lowest BCUT2D eigenvalue weighted by atomic mass is 10.1. The summed E-state index contributed by atoms with van der Waals surface area (Å²) in [6, 6.07) is 7.24. The zero-order chi connectivity index (χ0) is 23.1. The smallest absolute Gasteiger partial charge is 0.286 e. The molecule has 0 fully saturated rings. The molecule has 0 unspecified atom stereocenters. The molecular formula is C23H23ClN6O3. The Morgan fingerprint density at radius 3 is 2.91 bits per heavy atom. The first-order valence-electron chi connectivity index (χ1n) is 10.8. The van der Waals surface area contributed by atoms with Crippen molar-refractivity contribution in [1.29, 1.82) is 0 Å². The van der Waals surface area contributed by atoms with E-state index in [0.29, 0.717) is 41.6 Å². The molecule has 0 radical (unpaired) electrons. The highest BCUT2D eigenvalue weighted by Gasteiger charge is 2.23. The first-order valence-corrected chi connectivity index (χ1v) is 11.1. The maximum atomic E-state index is 11.9. The summed E-state index contributed by atoms with van der Waals surface area (Å²) in [4.78, 5) is 27.5. The molecule has 10 heteroatoms. The number of carbonyl (C=O) groups excluding carboxylic acids is 1. The summed E-state index contributed by atoms with van der Waals surface area (Å²) >= 11 is 6.14. The SMILES string of the molecule is CCCNc1c(C(N)=O)oc2ccc3nc(Oc4nc(Cl)nc5c4CN(C)CC5)ccc3c12. The highest BCUT2D eigenvalue weighted by molar-refractivity contribution is 6.28. The predicted octanol–water partition coefficient (Wildman–Crippen LogP) is 4.13. The van der Waals surface area contributed by atoms with E-state index in [1.807, 2.05) is 26.1 Å². The Hall–Kier alpha value is -3.43. The molecule has 1 aliphatic heterocycles. The normalized spacial score (nSPS) is 13.9. The molecule has 0 saturated carbocycles. The van der Waals surface area contributed by atoms with Crippen LogP contribution in [-0.4, -0.2) is 45.9 Å². The molecule has 9 nitrogen and oxygen atoms in total. The summed E-state index contributed by atoms with van der Waals surface area (Å²) in [5.41, 5.74) is 9.19. The van der Waals surface area contributed by atoms with Crippen molar-refractivity contribution in [2.75, 3.05) is 25.5 Å². The topological polar surface area (TPSA) is 119 Å². The summed E-state index contributed by atoms with van der Waals surface area (Å²) in [6.45, 7) is 4.29. The van der Waals surface area contributed by atoms with Crippen LogP contribution in [0.3, 0.4) is 0 Å². The van der Waals surface area contributed by atoms with Crippen molar-refractivity contribution >= 4 is 45.1 Å². The summed E-state index contributed by atoms with van der Waals surface area (Å²) in [7, 11) is 2.04. The van der Waals surface area contributed by atoms with Gasteiger partial charge < -0.3 is 25.1 Å². The molecule has 5 rings (SSSR count). The van der Waals surface area contributed by atoms with Crippen LogP contribution in [0, 0.1) is 0 Å². The van der Waals surface area contributed by atoms with Crippen molar-refractivity contribution in [3.8, 4) is 11.8 Å². The Morgan fingerprint density at radius 2 is 2.12 bits per heavy atom. The van der Waals surface area contributed by atoms with Crippen LogP contribution in [-0.2, 0) is 13.0 Å². The number of halogens is 1. The first kappa shape index (κ1) is 21.4. The third-order valence-electron chi connectivity index (χ3n) is 5.66. The molecule has 0 aliphatic carbocycles. The van der Waals surface area contributed by atoms with Crippen LogP contribution in [0.4, 0.5) is 5.69 Å². The van der Waals surface area contributed by atoms with E-state index in [4.69, 9.17) is 26.5 Å². The Bertz CT molecular complexity index is 1390. The van der Waals surface area contributed by atoms with Gasteiger partial charge in [-0.3, -0.25) is 4.79 Å². The minimum Gasteiger partial charge on any atom is -0.449 e. The Morgan fingerprint density at radius 1 is 1.27 bits per heavy atom. The molecule has 0 saturated heterocycles. The van der Waals surface area contributed by atoms with Gasteiger partial charge in [0.05, 0.1) is 27.8 Å². The Kier molecular flexibility index (Phi) is 5.51. The largest absolute Gasteiger partial charge is 0.449 e. The van der Waals surface area contributed by atoms with Crippen LogP contribution in [0.1, 0.15) is 35.2 Å². The molecule has 1 amide bonds. The third-order valence-corrected chi connectivity index (χ3v) is 5.83. The average molecular weight is 467 g/mol. The number of primary amides is 1. The third kappa shape index (κ3) is 3.94. The second-order valence-corrected chi connectivity index (χ2v) is 8.40. The fraction of sp³-hybridized carbons (Fsp3) is 0.304. The number of hydrogen-bond donors (Lipinski definition) is 2. The number of nitrogens with one attached hydrogen (secondary N) is 1. The number of benzene rings is 1. The van der Waals surface area contributed by atoms with Crippen LogP contribution in [0.25, 0.3) is 21.9 Å². The van der Waals surface area contributed by atoms with Crippen molar-refractivity contribution < 1.29 is 13.9 Å². The summed E-state index contributed by atoms with van der Waals surface area (Å²) in [5.74, 6) is 0.279. The average Bonchev–Trinajstić information content (AvgIpc) is 3.17. The number of ether oxygens (including phenoxy) is 1. The van der Waals surface area contributed by atoms with Crippen molar-refractivity contribution in [3.63, 3.8) is 0 Å². The number of fused-ring (bicyclic) bond motifs is 4. The predicted molar refractivity (Wildman–Crippen MR) is 126 cm³/mol. The van der Waals surface area contributed by atoms with E-state index in [2.05, 4.69) is 25.2 Å². The second-order valence-electron chi connectivity index (χ2n) is 8.06. The van der Waals surface area contributed by atoms with Crippen LogP contribution in [0.15, 0.2) is 28.7 Å². The van der Waals surface area contributed by atoms with Gasteiger partial charge in [-0.2, -0.15) is 4.98 Å². The van der Waals surface area contributed by atoms with Crippen LogP contribution >= 0.6 is 11.6 Å². The number of furan rings is 1. The lowest BCUT2D eigenvalue weighted by Gasteiger charge is -2.25. The van der Waals surface area contributed by atoms with Gasteiger partial charge in [0, 0.05) is 37.5 Å².